The molecule has 2 aromatic carbocycles. The Labute approximate surface area is 406 Å². The highest BCUT2D eigenvalue weighted by Crippen LogP contribution is 2.55. The van der Waals surface area contributed by atoms with E-state index >= 15 is 13.2 Å². The van der Waals surface area contributed by atoms with Gasteiger partial charge in [0.2, 0.25) is 5.43 Å². The number of nitrogens with zero attached hydrogens (tertiary/aromatic N) is 4. The number of aromatic carboxylic acids is 1. The van der Waals surface area contributed by atoms with Crippen molar-refractivity contribution in [3.8, 4) is 0 Å². The number of carbonyl (C=O) groups excluding carboxylic acids is 3. The van der Waals surface area contributed by atoms with Crippen LogP contribution in [0.2, 0.25) is 0 Å². The summed E-state index contributed by atoms with van der Waals surface area (Å²) in [5, 5.41) is 25.8. The van der Waals surface area contributed by atoms with Crippen LogP contribution < -0.4 is 25.9 Å². The number of fused-ring (bicyclic) bond motifs is 1. The van der Waals surface area contributed by atoms with Crippen LogP contribution >= 0.6 is 0 Å². The number of alkyl halides is 2. The fraction of sp³-hybridized carbons (Fsp3) is 0.560. The van der Waals surface area contributed by atoms with E-state index in [0.29, 0.717) is 25.2 Å². The second kappa shape index (κ2) is 18.6. The van der Waals surface area contributed by atoms with Crippen LogP contribution in [0, 0.1) is 28.3 Å². The van der Waals surface area contributed by atoms with Crippen LogP contribution in [-0.2, 0) is 19.0 Å². The first kappa shape index (κ1) is 51.0. The van der Waals surface area contributed by atoms with Gasteiger partial charge in [0.05, 0.1) is 53.2 Å². The van der Waals surface area contributed by atoms with Gasteiger partial charge >= 0.3 is 24.1 Å². The molecule has 9 rings (SSSR count). The number of pyridine rings is 1. The van der Waals surface area contributed by atoms with Crippen molar-refractivity contribution in [3.63, 3.8) is 0 Å². The first-order valence-electron chi connectivity index (χ1n) is 23.7. The molecule has 16 nitrogen and oxygen atoms in total. The van der Waals surface area contributed by atoms with E-state index in [1.165, 1.54) is 10.6 Å². The molecule has 4 N–H and O–H groups in total. The van der Waals surface area contributed by atoms with Gasteiger partial charge in [-0.3, -0.25) is 9.79 Å². The SMILES string of the molecule is CC(C)(C)OC(=O)N[C@@H]1CN(c2cc3c(cc2F)c(=O)c(C(=O)O)cn3[C@@H]2C[C@@H]2F)CC12CC2.CCOC(=O)C(C=N[C@@H]1C[C@@H]1F)=C(O)c1cc(F)c(N2C[C@@H](NC(=O)OC(C)(C)C)C3(CC3)C2)cc1F. The molecule has 2 spiro atoms. The number of rotatable bonds is 11. The zero-order valence-electron chi connectivity index (χ0n) is 40.5. The van der Waals surface area contributed by atoms with Crippen molar-refractivity contribution in [1.82, 2.24) is 15.2 Å². The second-order valence-corrected chi connectivity index (χ2v) is 21.5. The smallest absolute Gasteiger partial charge is 0.407 e. The predicted octanol–water partition coefficient (Wildman–Crippen LogP) is 8.09. The molecular weight excluding hydrogens is 940 g/mol. The molecule has 1 aromatic heterocycles. The molecule has 71 heavy (non-hydrogen) atoms. The number of hydrogen-bond acceptors (Lipinski definition) is 12. The lowest BCUT2D eigenvalue weighted by Crippen LogP contribution is -2.44. The first-order chi connectivity index (χ1) is 33.2. The van der Waals surface area contributed by atoms with Gasteiger partial charge in [0.1, 0.15) is 57.9 Å². The van der Waals surface area contributed by atoms with Crippen molar-refractivity contribution >= 4 is 58.4 Å². The van der Waals surface area contributed by atoms with Crippen LogP contribution in [0.25, 0.3) is 16.7 Å². The first-order valence-corrected chi connectivity index (χ1v) is 23.7. The van der Waals surface area contributed by atoms with E-state index in [1.54, 1.807) is 53.4 Å². The lowest BCUT2D eigenvalue weighted by molar-refractivity contribution is -0.137. The van der Waals surface area contributed by atoms with E-state index in [2.05, 4.69) is 15.6 Å². The maximum Gasteiger partial charge on any atom is 0.407 e. The topological polar surface area (TPSA) is 201 Å². The zero-order valence-corrected chi connectivity index (χ0v) is 40.5. The molecule has 0 radical (unpaired) electrons. The number of carboxylic acid groups (broad SMARTS) is 1. The molecule has 2 amide bonds. The van der Waals surface area contributed by atoms with E-state index in [9.17, 15) is 43.0 Å². The number of halogens is 5. The average Bonchev–Trinajstić information content (AvgIpc) is 4.15. The number of aromatic nitrogens is 1. The molecule has 2 saturated heterocycles. The largest absolute Gasteiger partial charge is 0.506 e. The fourth-order valence-electron chi connectivity index (χ4n) is 9.41. The molecule has 0 unspecified atom stereocenters. The molecule has 4 saturated carbocycles. The maximum atomic E-state index is 15.3. The summed E-state index contributed by atoms with van der Waals surface area (Å²) < 4.78 is 89.9. The number of anilines is 2. The van der Waals surface area contributed by atoms with E-state index in [1.807, 2.05) is 4.90 Å². The number of nitrogens with one attached hydrogen (secondary N) is 2. The lowest BCUT2D eigenvalue weighted by Gasteiger charge is -2.24. The van der Waals surface area contributed by atoms with Crippen LogP contribution in [0.3, 0.4) is 0 Å². The van der Waals surface area contributed by atoms with E-state index in [0.717, 1.165) is 56.3 Å². The number of aliphatic hydroxyl groups is 1. The van der Waals surface area contributed by atoms with Crippen LogP contribution in [0.1, 0.15) is 109 Å². The Hall–Kier alpha value is -6.41. The number of aliphatic hydroxyl groups excluding tert-OH is 1. The fourth-order valence-corrected chi connectivity index (χ4v) is 9.41. The Balaban J connectivity index is 0.000000191. The van der Waals surface area contributed by atoms with Gasteiger partial charge in [-0.2, -0.15) is 0 Å². The summed E-state index contributed by atoms with van der Waals surface area (Å²) in [5.41, 5.74) is -3.58. The summed E-state index contributed by atoms with van der Waals surface area (Å²) >= 11 is 0. The highest BCUT2D eigenvalue weighted by atomic mass is 19.1. The summed E-state index contributed by atoms with van der Waals surface area (Å²) in [6.07, 6.45) is 2.54. The van der Waals surface area contributed by atoms with Crippen molar-refractivity contribution in [2.24, 2.45) is 15.8 Å². The molecule has 6 atom stereocenters. The molecule has 21 heteroatoms. The van der Waals surface area contributed by atoms with Crippen LogP contribution in [0.15, 0.2) is 45.8 Å². The number of ether oxygens (including phenoxy) is 3. The number of hydrogen-bond donors (Lipinski definition) is 4. The third kappa shape index (κ3) is 11.1. The molecule has 3 aromatic rings. The Morgan fingerprint density at radius 2 is 1.28 bits per heavy atom. The van der Waals surface area contributed by atoms with Crippen molar-refractivity contribution in [3.05, 3.63) is 74.8 Å². The van der Waals surface area contributed by atoms with Gasteiger partial charge in [-0.25, -0.2) is 41.1 Å². The Bertz CT molecular complexity index is 2780. The average molecular weight is 999 g/mol. The van der Waals surface area contributed by atoms with Crippen molar-refractivity contribution in [1.29, 1.82) is 0 Å². The van der Waals surface area contributed by atoms with Gasteiger partial charge in [-0.1, -0.05) is 0 Å². The Morgan fingerprint density at radius 1 is 0.775 bits per heavy atom. The molecule has 384 valence electrons. The normalized spacial score (nSPS) is 24.8. The molecule has 2 aliphatic heterocycles. The number of carbonyl (C=O) groups is 4. The minimum atomic E-state index is -1.44. The third-order valence-electron chi connectivity index (χ3n) is 13.6. The summed E-state index contributed by atoms with van der Waals surface area (Å²) in [6.45, 7) is 13.7. The highest BCUT2D eigenvalue weighted by molar-refractivity contribution is 6.15. The van der Waals surface area contributed by atoms with Gasteiger partial charge in [-0.05, 0) is 92.3 Å². The molecule has 6 aliphatic rings. The van der Waals surface area contributed by atoms with Gasteiger partial charge in [-0.15, -0.1) is 0 Å². The second-order valence-electron chi connectivity index (χ2n) is 21.5. The van der Waals surface area contributed by atoms with E-state index in [-0.39, 0.29) is 65.7 Å². The summed E-state index contributed by atoms with van der Waals surface area (Å²) in [6, 6.07) is 2.53. The van der Waals surface area contributed by atoms with Crippen molar-refractivity contribution in [2.75, 3.05) is 42.6 Å². The molecule has 3 heterocycles. The number of alkyl carbamates (subject to hydrolysis) is 2. The van der Waals surface area contributed by atoms with Gasteiger partial charge in [0.15, 0.2) is 0 Å². The maximum absolute atomic E-state index is 15.3. The number of aliphatic imine (C=N–C) groups is 1. The zero-order chi connectivity index (χ0) is 51.7. The number of carboxylic acids is 1. The quantitative estimate of drug-likeness (QED) is 0.0360. The summed E-state index contributed by atoms with van der Waals surface area (Å²) in [5.74, 6) is -5.73. The summed E-state index contributed by atoms with van der Waals surface area (Å²) in [4.78, 5) is 68.6. The third-order valence-corrected chi connectivity index (χ3v) is 13.6. The Kier molecular flexibility index (Phi) is 13.4. The number of benzene rings is 2. The predicted molar refractivity (Wildman–Crippen MR) is 252 cm³/mol. The molecule has 4 aliphatic carbocycles. The standard InChI is InChI=1S/C26H32F3N3O5.C24H27F2N3O5/c1-5-36-23(34)15(11-30-19-9-17(19)28)22(33)14-8-18(29)20(10-16(14)27)32-12-21(26(13-32)6-7-26)31-24(35)37-25(2,3)4;1-23(2,3)34-22(33)27-19-10-28(11-24(19)4-5-24)17-8-16-12(6-14(17)25)20(30)13(21(31)32)9-29(16)18-7-15(18)26/h8,10-11,17,19,21,33H,5-7,9,12-13H2,1-4H3,(H,31,35);6,8-9,15,18-19H,4-5,7,10-11H2,1-3H3,(H,27,33)(H,31,32)/t17-,19+,21+;15-,18+,19+/m00/s1. The van der Waals surface area contributed by atoms with Crippen molar-refractivity contribution in [2.45, 2.75) is 135 Å². The van der Waals surface area contributed by atoms with E-state index < -0.39 is 105 Å². The molecule has 0 bridgehead atoms. The van der Waals surface area contributed by atoms with E-state index in [4.69, 9.17) is 14.2 Å². The Morgan fingerprint density at radius 3 is 1.73 bits per heavy atom. The minimum absolute atomic E-state index is 0.0242. The van der Waals surface area contributed by atoms with Gasteiger partial charge in [0, 0.05) is 73.7 Å². The van der Waals surface area contributed by atoms with Crippen LogP contribution in [0.5, 0.6) is 0 Å². The van der Waals surface area contributed by atoms with Crippen LogP contribution in [-0.4, -0.2) is 120 Å². The van der Waals surface area contributed by atoms with Crippen molar-refractivity contribution < 1.29 is 65.6 Å². The monoisotopic (exact) mass is 998 g/mol. The van der Waals surface area contributed by atoms with Gasteiger partial charge < -0.3 is 49.4 Å². The van der Waals surface area contributed by atoms with Crippen LogP contribution in [0.4, 0.5) is 42.9 Å². The van der Waals surface area contributed by atoms with Gasteiger partial charge in [0.25, 0.3) is 0 Å². The molecule has 6 fully saturated rings. The number of esters is 1. The lowest BCUT2D eigenvalue weighted by atomic mass is 10.0. The molecular formula is C50H59F5N6O10. The number of amides is 2. The minimum Gasteiger partial charge on any atom is -0.506 e. The highest BCUT2D eigenvalue weighted by Gasteiger charge is 2.57. The summed E-state index contributed by atoms with van der Waals surface area (Å²) in [7, 11) is 0.